The number of nitrogens with zero attached hydrogens (tertiary/aromatic N) is 10. The van der Waals surface area contributed by atoms with E-state index in [2.05, 4.69) is 46.0 Å². The van der Waals surface area contributed by atoms with Gasteiger partial charge in [0.2, 0.25) is 5.69 Å². The summed E-state index contributed by atoms with van der Waals surface area (Å²) in [4.78, 5) is -6.72. The fraction of sp³-hybridized carbons (Fsp3) is 0. The minimum absolute atomic E-state index is 0. The molecule has 0 aliphatic carbocycles. The third-order valence-electron chi connectivity index (χ3n) is 14.1. The van der Waals surface area contributed by atoms with E-state index in [1.807, 2.05) is 0 Å². The number of hydrogen-bond donors (Lipinski definition) is 8. The molecule has 10 rings (SSSR count). The molecule has 0 radical (unpaired) electrons. The number of rotatable bonds is 22. The zero-order valence-corrected chi connectivity index (χ0v) is 60.4. The largest absolute Gasteiger partial charge is 1.00 e. The van der Waals surface area contributed by atoms with E-state index in [-0.39, 0.29) is 124 Å². The van der Waals surface area contributed by atoms with Gasteiger partial charge in [0.1, 0.15) is 35.1 Å². The summed E-state index contributed by atoms with van der Waals surface area (Å²) in [6.07, 6.45) is 4.08. The molecule has 10 aromatic carbocycles. The molecule has 0 fully saturated rings. The Kier molecular flexibility index (Phi) is 22.7. The summed E-state index contributed by atoms with van der Waals surface area (Å²) >= 11 is 0. The molecule has 0 amide bonds. The Balaban J connectivity index is 0.0000125. The molecule has 0 unspecified atom stereocenters. The normalized spacial score (nSPS) is 13.4. The van der Waals surface area contributed by atoms with E-state index < -0.39 is 131 Å². The molecule has 0 aromatic heterocycles. The van der Waals surface area contributed by atoms with Gasteiger partial charge in [-0.05, 0) is 173 Å². The smallest absolute Gasteiger partial charge is 0.594 e. The van der Waals surface area contributed by atoms with Crippen LogP contribution in [0.4, 0.5) is 56.9 Å². The van der Waals surface area contributed by atoms with E-state index in [0.717, 1.165) is 85.0 Å². The van der Waals surface area contributed by atoms with Gasteiger partial charge in [-0.1, -0.05) is 59.5 Å². The quantitative estimate of drug-likeness (QED) is 0.00780. The monoisotopic (exact) mass is 1580 g/mol. The van der Waals surface area contributed by atoms with Crippen molar-refractivity contribution in [1.29, 1.82) is 0 Å². The second-order valence-electron chi connectivity index (χ2n) is 21.2. The average Bonchev–Trinajstić information content (AvgIpc) is 0.781. The number of hydrogen-bond acceptors (Lipinski definition) is 26. The maximum absolute atomic E-state index is 13.4. The van der Waals surface area contributed by atoms with E-state index in [1.165, 1.54) is 97.1 Å². The van der Waals surface area contributed by atoms with Crippen molar-refractivity contribution >= 4 is 184 Å². The van der Waals surface area contributed by atoms with Gasteiger partial charge in [-0.3, -0.25) is 36.4 Å². The van der Waals surface area contributed by atoms with Crippen LogP contribution in [0.3, 0.4) is 0 Å². The topological polar surface area (TPSA) is 572 Å². The van der Waals surface area contributed by atoms with Gasteiger partial charge in [0.05, 0.1) is 55.3 Å². The van der Waals surface area contributed by atoms with Crippen molar-refractivity contribution in [2.24, 2.45) is 46.0 Å². The fourth-order valence-corrected chi connectivity index (χ4v) is 14.9. The zero-order valence-electron chi connectivity index (χ0n) is 51.9. The SMILES string of the molecule is O=S(=O)(O)c1cc(S(=O)(=O)O)c2cc(N=Nc3ccc(N=Nc4ccc(/C=C/c5ccc(N=[N+]([O-])c6ccc(/C=C/c7ccc(N=Nc8ccc(N=Nc9ccc%10cc(S(=O)(=O)O)cc(S(=O)(=O)O)c%10c9)cc8)cc7S(=O)(=O)O)c(S(=O)(=O)O)c6)cc5S(=O)(=O)O)c(S(=O)(=O)O)c4)cc3)ccc2c1.[Na+]. The van der Waals surface area contributed by atoms with Gasteiger partial charge in [0.25, 0.3) is 80.9 Å². The second-order valence-corrected chi connectivity index (χ2v) is 32.4. The summed E-state index contributed by atoms with van der Waals surface area (Å²) in [5.74, 6) is 0. The van der Waals surface area contributed by atoms with Crippen molar-refractivity contribution in [1.82, 2.24) is 0 Å². The molecule has 0 bridgehead atoms. The van der Waals surface area contributed by atoms with Crippen LogP contribution in [0.5, 0.6) is 0 Å². The predicted molar refractivity (Wildman–Crippen MR) is 365 cm³/mol. The number of fused-ring (bicyclic) bond motifs is 2. The summed E-state index contributed by atoms with van der Waals surface area (Å²) in [5.41, 5.74) is -1.51. The van der Waals surface area contributed by atoms with Crippen molar-refractivity contribution in [3.8, 4) is 0 Å². The van der Waals surface area contributed by atoms with Gasteiger partial charge >= 0.3 is 29.6 Å². The summed E-state index contributed by atoms with van der Waals surface area (Å²) in [7, 11) is -40.2. The van der Waals surface area contributed by atoms with E-state index in [0.29, 0.717) is 24.3 Å². The van der Waals surface area contributed by atoms with E-state index >= 15 is 0 Å². The Bertz CT molecular complexity index is 6430. The predicted octanol–water partition coefficient (Wildman–Crippen LogP) is 10.9. The van der Waals surface area contributed by atoms with Crippen LogP contribution in [0.1, 0.15) is 22.3 Å². The molecule has 0 aliphatic rings. The standard InChI is InChI=1S/C60H42N10O25S8.Na/c71-70(50-24-10-38(58(32-50)101(87,88)89)4-3-36-6-12-48(30-56(36)99(81,82)83)68-64-44-22-18-42(19-23-44)62-66-46-14-9-40-26-52(97(75,76)77)34-60(54(40)28-46)103(93,94)95)69-49-15-7-37(57(31-49)100(84,85)86)2-1-35-5-11-47(29-55(35)98(78,79)80)67-63-43-20-16-41(17-21-43)61-65-45-13-8-39-25-51(96(72,73)74)33-59(53(39)27-45)102(90,91)92;/h1-34H,(H,72,73,74)(H,75,76,77)(H,78,79,80)(H,81,82,83)(H,84,85,86)(H,87,88,89)(H,90,91,92)(H,93,94,95);/q;+1/b2-1+,4-3+,65-61?,66-62?,67-63?,68-64?,70-69?;. The maximum Gasteiger partial charge on any atom is 1.00 e. The van der Waals surface area contributed by atoms with Gasteiger partial charge in [0, 0.05) is 28.0 Å². The Morgan fingerprint density at radius 1 is 0.260 bits per heavy atom. The van der Waals surface area contributed by atoms with Crippen LogP contribution in [0.25, 0.3) is 45.8 Å². The Labute approximate surface area is 611 Å². The molecule has 0 heterocycles. The van der Waals surface area contributed by atoms with E-state index in [1.54, 1.807) is 0 Å². The molecule has 0 spiro atoms. The molecule has 0 aliphatic heterocycles. The fourth-order valence-electron chi connectivity index (χ4n) is 9.42. The third kappa shape index (κ3) is 19.6. The van der Waals surface area contributed by atoms with Crippen LogP contribution in [0.2, 0.25) is 0 Å². The molecule has 0 saturated heterocycles. The summed E-state index contributed by atoms with van der Waals surface area (Å²) in [6, 6.07) is 34.2. The van der Waals surface area contributed by atoms with Crippen LogP contribution in [0.15, 0.2) is 267 Å². The molecule has 44 heteroatoms. The molecule has 10 aromatic rings. The zero-order chi connectivity index (χ0) is 75.0. The van der Waals surface area contributed by atoms with Gasteiger partial charge in [-0.15, -0.1) is 0 Å². The molecule has 35 nitrogen and oxygen atoms in total. The van der Waals surface area contributed by atoms with Crippen molar-refractivity contribution < 1.29 is 138 Å². The second kappa shape index (κ2) is 30.2. The first-order valence-electron chi connectivity index (χ1n) is 27.9. The molecular weight excluding hydrogens is 1540 g/mol. The first kappa shape index (κ1) is 78.4. The summed E-state index contributed by atoms with van der Waals surface area (Å²) < 4.78 is 276. The molecule has 104 heavy (non-hydrogen) atoms. The van der Waals surface area contributed by atoms with Gasteiger partial charge in [-0.2, -0.15) is 108 Å². The van der Waals surface area contributed by atoms with Crippen molar-refractivity contribution in [3.63, 3.8) is 0 Å². The summed E-state index contributed by atoms with van der Waals surface area (Å²) in [5, 5.41) is 49.2. The number of benzene rings is 10. The van der Waals surface area contributed by atoms with Crippen LogP contribution in [0, 0.1) is 5.21 Å². The minimum Gasteiger partial charge on any atom is -0.594 e. The molecular formula is C60H42N10NaO25S8+. The first-order valence-corrected chi connectivity index (χ1v) is 39.4. The van der Waals surface area contributed by atoms with Gasteiger partial charge < -0.3 is 5.21 Å². The van der Waals surface area contributed by atoms with Crippen molar-refractivity contribution in [3.05, 3.63) is 209 Å². The van der Waals surface area contributed by atoms with Gasteiger partial charge in [-0.25, -0.2) is 0 Å². The minimum atomic E-state index is -5.22. The molecule has 530 valence electrons. The number of azo groups is 5. The Morgan fingerprint density at radius 3 is 0.798 bits per heavy atom. The average molecular weight is 1580 g/mol. The first-order chi connectivity index (χ1) is 47.9. The van der Waals surface area contributed by atoms with Crippen LogP contribution in [-0.2, 0) is 80.9 Å². The molecule has 8 N–H and O–H groups in total. The van der Waals surface area contributed by atoms with E-state index in [4.69, 9.17) is 0 Å². The van der Waals surface area contributed by atoms with Crippen LogP contribution < -0.4 is 29.6 Å². The van der Waals surface area contributed by atoms with Gasteiger partial charge in [0.15, 0.2) is 0 Å². The van der Waals surface area contributed by atoms with Crippen molar-refractivity contribution in [2.75, 3.05) is 0 Å². The molecule has 0 saturated carbocycles. The summed E-state index contributed by atoms with van der Waals surface area (Å²) in [6.45, 7) is 0. The van der Waals surface area contributed by atoms with E-state index in [9.17, 15) is 109 Å². The maximum atomic E-state index is 13.4. The Hall–Kier alpha value is -9.72. The van der Waals surface area contributed by atoms with Crippen LogP contribution >= 0.6 is 0 Å². The van der Waals surface area contributed by atoms with Crippen molar-refractivity contribution in [2.45, 2.75) is 39.2 Å². The Morgan fingerprint density at radius 2 is 0.500 bits per heavy atom. The van der Waals surface area contributed by atoms with Crippen LogP contribution in [-0.4, -0.2) is 109 Å². The third-order valence-corrected chi connectivity index (χ3v) is 21.2. The molecule has 0 atom stereocenters.